The van der Waals surface area contributed by atoms with Crippen LogP contribution >= 0.6 is 0 Å². The van der Waals surface area contributed by atoms with Gasteiger partial charge in [-0.3, -0.25) is 15.6 Å². The Morgan fingerprint density at radius 1 is 1.17 bits per heavy atom. The molecule has 2 rings (SSSR count). The zero-order valence-electron chi connectivity index (χ0n) is 13.7. The summed E-state index contributed by atoms with van der Waals surface area (Å²) in [4.78, 5) is 11.9. The van der Waals surface area contributed by atoms with Crippen LogP contribution in [0.5, 0.6) is 5.75 Å². The van der Waals surface area contributed by atoms with E-state index in [0.29, 0.717) is 17.0 Å². The first kappa shape index (κ1) is 17.1. The Bertz CT molecular complexity index is 789. The topological polar surface area (TPSA) is 74.2 Å². The molecule has 0 unspecified atom stereocenters. The molecule has 1 amide bonds. The molecule has 0 aliphatic carbocycles. The minimum Gasteiger partial charge on any atom is -0.483 e. The first-order chi connectivity index (χ1) is 11.5. The van der Waals surface area contributed by atoms with Crippen molar-refractivity contribution in [1.29, 1.82) is 5.26 Å². The number of aryl methyl sites for hydroxylation is 2. The van der Waals surface area contributed by atoms with Crippen molar-refractivity contribution in [2.75, 3.05) is 6.61 Å². The molecule has 0 saturated heterocycles. The van der Waals surface area contributed by atoms with E-state index >= 15 is 0 Å². The van der Waals surface area contributed by atoms with E-state index in [1.165, 1.54) is 0 Å². The highest BCUT2D eigenvalue weighted by Gasteiger charge is 2.06. The van der Waals surface area contributed by atoms with E-state index in [4.69, 9.17) is 10.00 Å². The third-order valence-corrected chi connectivity index (χ3v) is 3.42. The highest BCUT2D eigenvalue weighted by Crippen LogP contribution is 2.18. The van der Waals surface area contributed by atoms with Crippen molar-refractivity contribution in [3.63, 3.8) is 0 Å². The smallest absolute Gasteiger partial charge is 0.276 e. The second-order valence-electron chi connectivity index (χ2n) is 5.40. The SMILES string of the molecule is C=C(NNC(=O)COc1cc(C)ccc1C)c1ccc(C#N)cc1. The largest absolute Gasteiger partial charge is 0.483 e. The van der Waals surface area contributed by atoms with Gasteiger partial charge in [0.05, 0.1) is 17.3 Å². The quantitative estimate of drug-likeness (QED) is 0.802. The molecule has 0 atom stereocenters. The molecule has 0 saturated carbocycles. The van der Waals surface area contributed by atoms with Crippen LogP contribution < -0.4 is 15.6 Å². The summed E-state index contributed by atoms with van der Waals surface area (Å²) in [6, 6.07) is 14.8. The summed E-state index contributed by atoms with van der Waals surface area (Å²) >= 11 is 0. The van der Waals surface area contributed by atoms with E-state index in [1.54, 1.807) is 24.3 Å². The Balaban J connectivity index is 1.83. The fraction of sp³-hybridized carbons (Fsp3) is 0.158. The zero-order valence-corrected chi connectivity index (χ0v) is 13.7. The number of nitrogens with zero attached hydrogens (tertiary/aromatic N) is 1. The Hall–Kier alpha value is -3.26. The van der Waals surface area contributed by atoms with Crippen LogP contribution in [0.25, 0.3) is 5.70 Å². The maximum atomic E-state index is 11.9. The van der Waals surface area contributed by atoms with Gasteiger partial charge in [0.2, 0.25) is 0 Å². The van der Waals surface area contributed by atoms with Gasteiger partial charge in [0, 0.05) is 0 Å². The molecule has 122 valence electrons. The summed E-state index contributed by atoms with van der Waals surface area (Å²) in [5.41, 5.74) is 9.20. The van der Waals surface area contributed by atoms with Crippen LogP contribution in [0.15, 0.2) is 49.0 Å². The predicted octanol–water partition coefficient (Wildman–Crippen LogP) is 2.85. The second kappa shape index (κ2) is 7.84. The number of nitriles is 1. The van der Waals surface area contributed by atoms with Crippen LogP contribution in [0.4, 0.5) is 0 Å². The van der Waals surface area contributed by atoms with Gasteiger partial charge < -0.3 is 4.74 Å². The number of hydrogen-bond donors (Lipinski definition) is 2. The minimum absolute atomic E-state index is 0.0993. The van der Waals surface area contributed by atoms with Gasteiger partial charge >= 0.3 is 0 Å². The molecule has 2 N–H and O–H groups in total. The van der Waals surface area contributed by atoms with Crippen LogP contribution in [-0.2, 0) is 4.79 Å². The maximum absolute atomic E-state index is 11.9. The summed E-state index contributed by atoms with van der Waals surface area (Å²) in [5.74, 6) is 0.377. The first-order valence-electron chi connectivity index (χ1n) is 7.44. The Morgan fingerprint density at radius 3 is 2.54 bits per heavy atom. The lowest BCUT2D eigenvalue weighted by Crippen LogP contribution is -2.39. The standard InChI is InChI=1S/C19H19N3O2/c1-13-4-5-14(2)18(10-13)24-12-19(23)22-21-15(3)17-8-6-16(11-20)7-9-17/h4-10,21H,3,12H2,1-2H3,(H,22,23). The number of nitrogens with one attached hydrogen (secondary N) is 2. The summed E-state index contributed by atoms with van der Waals surface area (Å²) in [6.45, 7) is 7.64. The van der Waals surface area contributed by atoms with Crippen molar-refractivity contribution in [2.45, 2.75) is 13.8 Å². The average Bonchev–Trinajstić information content (AvgIpc) is 2.60. The van der Waals surface area contributed by atoms with Crippen LogP contribution in [0.1, 0.15) is 22.3 Å². The van der Waals surface area contributed by atoms with Crippen molar-refractivity contribution in [1.82, 2.24) is 10.9 Å². The monoisotopic (exact) mass is 321 g/mol. The molecule has 2 aromatic carbocycles. The number of hydrogen-bond acceptors (Lipinski definition) is 4. The molecule has 0 spiro atoms. The Kier molecular flexibility index (Phi) is 5.58. The van der Waals surface area contributed by atoms with Crippen LogP contribution in [-0.4, -0.2) is 12.5 Å². The summed E-state index contributed by atoms with van der Waals surface area (Å²) in [5, 5.41) is 8.77. The average molecular weight is 321 g/mol. The predicted molar refractivity (Wildman–Crippen MR) is 92.9 cm³/mol. The zero-order chi connectivity index (χ0) is 17.5. The molecule has 2 aromatic rings. The fourth-order valence-corrected chi connectivity index (χ4v) is 2.01. The molecule has 0 heterocycles. The number of carbonyl (C=O) groups is 1. The van der Waals surface area contributed by atoms with Gasteiger partial charge in [-0.05, 0) is 48.7 Å². The van der Waals surface area contributed by atoms with Crippen molar-refractivity contribution >= 4 is 11.6 Å². The molecule has 0 radical (unpaired) electrons. The van der Waals surface area contributed by atoms with Gasteiger partial charge in [-0.25, -0.2) is 0 Å². The number of carbonyl (C=O) groups excluding carboxylic acids is 1. The number of hydrazine groups is 1. The van der Waals surface area contributed by atoms with Gasteiger partial charge in [0.15, 0.2) is 6.61 Å². The summed E-state index contributed by atoms with van der Waals surface area (Å²) in [7, 11) is 0. The number of ether oxygens (including phenoxy) is 1. The van der Waals surface area contributed by atoms with Crippen LogP contribution in [0, 0.1) is 25.2 Å². The van der Waals surface area contributed by atoms with E-state index in [9.17, 15) is 4.79 Å². The van der Waals surface area contributed by atoms with Crippen LogP contribution in [0.2, 0.25) is 0 Å². The molecule has 0 aromatic heterocycles. The summed E-state index contributed by atoms with van der Waals surface area (Å²) < 4.78 is 5.53. The van der Waals surface area contributed by atoms with Crippen molar-refractivity contribution in [3.8, 4) is 11.8 Å². The number of amides is 1. The minimum atomic E-state index is -0.314. The molecule has 0 fully saturated rings. The van der Waals surface area contributed by atoms with E-state index < -0.39 is 0 Å². The molecule has 0 aliphatic heterocycles. The summed E-state index contributed by atoms with van der Waals surface area (Å²) in [6.07, 6.45) is 0. The first-order valence-corrected chi connectivity index (χ1v) is 7.44. The Labute approximate surface area is 141 Å². The Morgan fingerprint density at radius 2 is 1.88 bits per heavy atom. The lowest BCUT2D eigenvalue weighted by molar-refractivity contribution is -0.123. The maximum Gasteiger partial charge on any atom is 0.276 e. The highest BCUT2D eigenvalue weighted by atomic mass is 16.5. The highest BCUT2D eigenvalue weighted by molar-refractivity contribution is 5.78. The van der Waals surface area contributed by atoms with Gasteiger partial charge in [-0.2, -0.15) is 5.26 Å². The lowest BCUT2D eigenvalue weighted by atomic mass is 10.1. The molecule has 24 heavy (non-hydrogen) atoms. The fourth-order valence-electron chi connectivity index (χ4n) is 2.01. The van der Waals surface area contributed by atoms with Crippen molar-refractivity contribution < 1.29 is 9.53 Å². The van der Waals surface area contributed by atoms with E-state index in [0.717, 1.165) is 16.7 Å². The van der Waals surface area contributed by atoms with E-state index in [-0.39, 0.29) is 12.5 Å². The normalized spacial score (nSPS) is 9.71. The molecule has 5 heteroatoms. The van der Waals surface area contributed by atoms with Crippen LogP contribution in [0.3, 0.4) is 0 Å². The van der Waals surface area contributed by atoms with Crippen molar-refractivity contribution in [2.24, 2.45) is 0 Å². The molecule has 0 aliphatic rings. The second-order valence-corrected chi connectivity index (χ2v) is 5.40. The van der Waals surface area contributed by atoms with E-state index in [1.807, 2.05) is 38.1 Å². The molecular weight excluding hydrogens is 302 g/mol. The number of rotatable bonds is 6. The van der Waals surface area contributed by atoms with Gasteiger partial charge in [-0.1, -0.05) is 30.8 Å². The molecule has 0 bridgehead atoms. The van der Waals surface area contributed by atoms with Gasteiger partial charge in [-0.15, -0.1) is 0 Å². The van der Waals surface area contributed by atoms with Crippen molar-refractivity contribution in [3.05, 3.63) is 71.3 Å². The van der Waals surface area contributed by atoms with E-state index in [2.05, 4.69) is 17.4 Å². The number of benzene rings is 2. The molecule has 5 nitrogen and oxygen atoms in total. The van der Waals surface area contributed by atoms with Gasteiger partial charge in [0.1, 0.15) is 5.75 Å². The lowest BCUT2D eigenvalue weighted by Gasteiger charge is -2.13. The third kappa shape index (κ3) is 4.62. The molecular formula is C19H19N3O2. The van der Waals surface area contributed by atoms with Gasteiger partial charge in [0.25, 0.3) is 5.91 Å². The third-order valence-electron chi connectivity index (χ3n) is 3.42.